The Labute approximate surface area is 180 Å². The lowest BCUT2D eigenvalue weighted by atomic mass is 10.2. The normalized spacial score (nSPS) is 14.7. The van der Waals surface area contributed by atoms with E-state index in [9.17, 15) is 22.8 Å². The quantitative estimate of drug-likeness (QED) is 0.650. The molecule has 0 unspecified atom stereocenters. The molecule has 170 valence electrons. The highest BCUT2D eigenvalue weighted by Crippen LogP contribution is 2.30. The Morgan fingerprint density at radius 1 is 1.22 bits per heavy atom. The Balaban J connectivity index is 1.66. The molecule has 10 nitrogen and oxygen atoms in total. The van der Waals surface area contributed by atoms with Crippen LogP contribution in [0.1, 0.15) is 39.3 Å². The van der Waals surface area contributed by atoms with Crippen LogP contribution < -0.4 is 5.32 Å². The molecule has 0 aliphatic carbocycles. The maximum absolute atomic E-state index is 13.4. The van der Waals surface area contributed by atoms with Gasteiger partial charge in [-0.3, -0.25) is 14.3 Å². The third kappa shape index (κ3) is 4.02. The van der Waals surface area contributed by atoms with Crippen molar-refractivity contribution in [3.8, 4) is 0 Å². The number of alkyl halides is 3. The fraction of sp³-hybridized carbons (Fsp3) is 0.421. The first-order valence-corrected chi connectivity index (χ1v) is 9.88. The van der Waals surface area contributed by atoms with E-state index in [1.54, 1.807) is 11.8 Å². The highest BCUT2D eigenvalue weighted by molar-refractivity contribution is 6.07. The average molecular weight is 451 g/mol. The van der Waals surface area contributed by atoms with Crippen LogP contribution in [-0.4, -0.2) is 67.4 Å². The van der Waals surface area contributed by atoms with E-state index in [1.165, 1.54) is 17.8 Å². The van der Waals surface area contributed by atoms with E-state index >= 15 is 0 Å². The Morgan fingerprint density at radius 2 is 1.94 bits per heavy atom. The predicted octanol–water partition coefficient (Wildman–Crippen LogP) is 2.00. The summed E-state index contributed by atoms with van der Waals surface area (Å²) in [5.41, 5.74) is -0.971. The largest absolute Gasteiger partial charge is 0.433 e. The number of ether oxygens (including phenoxy) is 1. The third-order valence-corrected chi connectivity index (χ3v) is 4.97. The second-order valence-corrected chi connectivity index (χ2v) is 7.16. The molecule has 1 saturated heterocycles. The topological polar surface area (TPSA) is 107 Å². The Bertz CT molecular complexity index is 1180. The number of aryl methyl sites for hydroxylation is 2. The zero-order chi connectivity index (χ0) is 23.0. The Kier molecular flexibility index (Phi) is 5.59. The van der Waals surface area contributed by atoms with E-state index in [4.69, 9.17) is 4.74 Å². The van der Waals surface area contributed by atoms with Crippen molar-refractivity contribution < 1.29 is 27.5 Å². The lowest BCUT2D eigenvalue weighted by Crippen LogP contribution is -2.41. The summed E-state index contributed by atoms with van der Waals surface area (Å²) in [6, 6.07) is 2.01. The van der Waals surface area contributed by atoms with Crippen LogP contribution in [0.4, 0.5) is 18.9 Å². The Hall–Kier alpha value is -3.48. The minimum atomic E-state index is -4.67. The van der Waals surface area contributed by atoms with E-state index in [1.807, 2.05) is 0 Å². The Morgan fingerprint density at radius 3 is 2.59 bits per heavy atom. The van der Waals surface area contributed by atoms with Crippen molar-refractivity contribution in [1.82, 2.24) is 29.3 Å². The van der Waals surface area contributed by atoms with Crippen LogP contribution in [0.5, 0.6) is 0 Å². The highest BCUT2D eigenvalue weighted by atomic mass is 19.4. The van der Waals surface area contributed by atoms with E-state index in [0.29, 0.717) is 37.4 Å². The number of carbonyl (C=O) groups is 2. The van der Waals surface area contributed by atoms with Gasteiger partial charge in [0.15, 0.2) is 11.3 Å². The summed E-state index contributed by atoms with van der Waals surface area (Å²) < 4.78 is 47.4. The van der Waals surface area contributed by atoms with E-state index in [2.05, 4.69) is 20.5 Å². The minimum Gasteiger partial charge on any atom is -0.378 e. The molecule has 4 heterocycles. The fourth-order valence-corrected chi connectivity index (χ4v) is 3.46. The predicted molar refractivity (Wildman–Crippen MR) is 105 cm³/mol. The number of morpholine rings is 1. The molecule has 2 amide bonds. The fourth-order valence-electron chi connectivity index (χ4n) is 3.46. The van der Waals surface area contributed by atoms with Gasteiger partial charge in [0.25, 0.3) is 11.8 Å². The monoisotopic (exact) mass is 451 g/mol. The number of fused-ring (bicyclic) bond motifs is 1. The van der Waals surface area contributed by atoms with Crippen LogP contribution in [-0.2, 0) is 17.5 Å². The summed E-state index contributed by atoms with van der Waals surface area (Å²) in [4.78, 5) is 31.4. The first kappa shape index (κ1) is 21.7. The summed E-state index contributed by atoms with van der Waals surface area (Å²) in [6.45, 7) is 5.21. The SMILES string of the molecule is CCn1ncc(NC(=O)c2cc3nc(C)cc(C(F)(F)F)n3n2)c1C(=O)N1CCOCC1. The molecule has 1 aliphatic rings. The van der Waals surface area contributed by atoms with Gasteiger partial charge in [-0.15, -0.1) is 0 Å². The maximum Gasteiger partial charge on any atom is 0.433 e. The van der Waals surface area contributed by atoms with Gasteiger partial charge in [-0.25, -0.2) is 9.50 Å². The molecule has 3 aromatic rings. The molecule has 0 spiro atoms. The number of nitrogens with one attached hydrogen (secondary N) is 1. The van der Waals surface area contributed by atoms with Gasteiger partial charge in [0.2, 0.25) is 0 Å². The molecule has 3 aromatic heterocycles. The molecule has 1 N–H and O–H groups in total. The van der Waals surface area contributed by atoms with Crippen molar-refractivity contribution in [2.45, 2.75) is 26.6 Å². The lowest BCUT2D eigenvalue weighted by molar-refractivity contribution is -0.142. The number of hydrogen-bond acceptors (Lipinski definition) is 6. The van der Waals surface area contributed by atoms with Gasteiger partial charge in [-0.05, 0) is 19.9 Å². The number of aromatic nitrogens is 5. The maximum atomic E-state index is 13.4. The van der Waals surface area contributed by atoms with Crippen LogP contribution in [0.15, 0.2) is 18.3 Å². The third-order valence-electron chi connectivity index (χ3n) is 4.97. The van der Waals surface area contributed by atoms with Gasteiger partial charge in [0, 0.05) is 31.4 Å². The smallest absolute Gasteiger partial charge is 0.378 e. The second-order valence-electron chi connectivity index (χ2n) is 7.16. The van der Waals surface area contributed by atoms with Crippen LogP contribution in [0.3, 0.4) is 0 Å². The van der Waals surface area contributed by atoms with Crippen molar-refractivity contribution in [1.29, 1.82) is 0 Å². The van der Waals surface area contributed by atoms with Crippen molar-refractivity contribution in [3.05, 3.63) is 41.1 Å². The van der Waals surface area contributed by atoms with E-state index in [0.717, 1.165) is 12.1 Å². The van der Waals surface area contributed by atoms with Crippen molar-refractivity contribution in [3.63, 3.8) is 0 Å². The molecule has 4 rings (SSSR count). The number of hydrogen-bond donors (Lipinski definition) is 1. The molecule has 0 saturated carbocycles. The molecule has 0 aromatic carbocycles. The van der Waals surface area contributed by atoms with Crippen LogP contribution in [0.25, 0.3) is 5.65 Å². The molecule has 1 aliphatic heterocycles. The molecule has 13 heteroatoms. The molecule has 32 heavy (non-hydrogen) atoms. The van der Waals surface area contributed by atoms with Crippen molar-refractivity contribution in [2.75, 3.05) is 31.6 Å². The van der Waals surface area contributed by atoms with Crippen LogP contribution in [0.2, 0.25) is 0 Å². The first-order chi connectivity index (χ1) is 15.2. The minimum absolute atomic E-state index is 0.114. The number of rotatable bonds is 4. The number of nitrogens with zero attached hydrogens (tertiary/aromatic N) is 6. The summed E-state index contributed by atoms with van der Waals surface area (Å²) in [5, 5.41) is 10.5. The summed E-state index contributed by atoms with van der Waals surface area (Å²) in [6.07, 6.45) is -3.35. The zero-order valence-electron chi connectivity index (χ0n) is 17.3. The van der Waals surface area contributed by atoms with Gasteiger partial charge in [-0.2, -0.15) is 23.4 Å². The first-order valence-electron chi connectivity index (χ1n) is 9.88. The standard InChI is InChI=1S/C19H20F3N7O3/c1-3-28-16(18(31)27-4-6-32-7-5-27)13(10-23-28)25-17(30)12-9-15-24-11(2)8-14(19(20,21)22)29(15)26-12/h8-10H,3-7H2,1-2H3,(H,25,30). The number of carbonyl (C=O) groups excluding carboxylic acids is 2. The van der Waals surface area contributed by atoms with E-state index < -0.39 is 17.8 Å². The van der Waals surface area contributed by atoms with E-state index in [-0.39, 0.29) is 34.3 Å². The molecular weight excluding hydrogens is 431 g/mol. The van der Waals surface area contributed by atoms with Crippen molar-refractivity contribution >= 4 is 23.1 Å². The van der Waals surface area contributed by atoms with Gasteiger partial charge < -0.3 is 15.0 Å². The van der Waals surface area contributed by atoms with Crippen LogP contribution >= 0.6 is 0 Å². The number of halogens is 3. The molecule has 0 atom stereocenters. The lowest BCUT2D eigenvalue weighted by Gasteiger charge is -2.27. The van der Waals surface area contributed by atoms with Crippen molar-refractivity contribution in [2.24, 2.45) is 0 Å². The molecular formula is C19H20F3N7O3. The molecule has 1 fully saturated rings. The number of anilines is 1. The van der Waals surface area contributed by atoms with Crippen LogP contribution in [0, 0.1) is 6.92 Å². The summed E-state index contributed by atoms with van der Waals surface area (Å²) in [5.74, 6) is -1.11. The highest BCUT2D eigenvalue weighted by Gasteiger charge is 2.35. The zero-order valence-corrected chi connectivity index (χ0v) is 17.3. The van der Waals surface area contributed by atoms with Gasteiger partial charge in [0.1, 0.15) is 11.4 Å². The van der Waals surface area contributed by atoms with Gasteiger partial charge in [-0.1, -0.05) is 0 Å². The van der Waals surface area contributed by atoms with Gasteiger partial charge in [0.05, 0.1) is 25.1 Å². The van der Waals surface area contributed by atoms with Gasteiger partial charge >= 0.3 is 6.18 Å². The summed E-state index contributed by atoms with van der Waals surface area (Å²) in [7, 11) is 0. The number of amides is 2. The summed E-state index contributed by atoms with van der Waals surface area (Å²) >= 11 is 0. The average Bonchev–Trinajstić information content (AvgIpc) is 3.36. The second kappa shape index (κ2) is 8.22. The molecule has 0 bridgehead atoms. The molecule has 0 radical (unpaired) electrons.